The van der Waals surface area contributed by atoms with Gasteiger partial charge in [-0.15, -0.1) is 0 Å². The number of hydrogen-bond acceptors (Lipinski definition) is 3. The van der Waals surface area contributed by atoms with Crippen molar-refractivity contribution >= 4 is 6.71 Å². The predicted octanol–water partition coefficient (Wildman–Crippen LogP) is 6.61. The van der Waals surface area contributed by atoms with E-state index in [1.165, 1.54) is 57.8 Å². The Labute approximate surface area is 218 Å². The van der Waals surface area contributed by atoms with E-state index in [0.717, 1.165) is 12.3 Å². The summed E-state index contributed by atoms with van der Waals surface area (Å²) < 4.78 is 6.95. The van der Waals surface area contributed by atoms with E-state index < -0.39 is 0 Å². The second-order valence-corrected chi connectivity index (χ2v) is 13.7. The first kappa shape index (κ1) is 22.3. The molecule has 1 saturated carbocycles. The summed E-state index contributed by atoms with van der Waals surface area (Å²) >= 11 is 0. The fourth-order valence-corrected chi connectivity index (χ4v) is 10.9. The Kier molecular flexibility index (Phi) is 4.76. The molecule has 0 bridgehead atoms. The molecule has 4 heteroatoms. The second-order valence-electron chi connectivity index (χ2n) is 13.7. The highest BCUT2D eigenvalue weighted by atomic mass is 16.5. The van der Waals surface area contributed by atoms with Crippen LogP contribution in [0, 0.1) is 11.3 Å². The monoisotopic (exact) mass is 482 g/mol. The number of hydrogen-bond donors (Lipinski definition) is 0. The van der Waals surface area contributed by atoms with Crippen LogP contribution >= 0.6 is 0 Å². The van der Waals surface area contributed by atoms with Crippen LogP contribution in [0.2, 0.25) is 5.82 Å². The maximum absolute atomic E-state index is 6.95. The molecule has 4 heterocycles. The Balaban J connectivity index is 1.33. The van der Waals surface area contributed by atoms with E-state index in [4.69, 9.17) is 4.74 Å². The molecule has 0 amide bonds. The third kappa shape index (κ3) is 2.65. The van der Waals surface area contributed by atoms with E-state index in [-0.39, 0.29) is 5.54 Å². The van der Waals surface area contributed by atoms with Crippen molar-refractivity contribution in [3.8, 4) is 0 Å². The van der Waals surface area contributed by atoms with Gasteiger partial charge in [-0.1, -0.05) is 61.8 Å². The summed E-state index contributed by atoms with van der Waals surface area (Å²) in [7, 11) is 0. The van der Waals surface area contributed by atoms with Crippen molar-refractivity contribution in [1.29, 1.82) is 0 Å². The molecule has 4 fully saturated rings. The van der Waals surface area contributed by atoms with Gasteiger partial charge in [-0.3, -0.25) is 0 Å². The van der Waals surface area contributed by atoms with Crippen LogP contribution < -0.4 is 0 Å². The van der Waals surface area contributed by atoms with Gasteiger partial charge in [0.05, 0.1) is 24.2 Å². The lowest BCUT2D eigenvalue weighted by Crippen LogP contribution is -2.65. The minimum absolute atomic E-state index is 0.207. The van der Waals surface area contributed by atoms with Gasteiger partial charge in [-0.05, 0) is 88.3 Å². The van der Waals surface area contributed by atoms with Crippen LogP contribution in [0.3, 0.4) is 0 Å². The first-order chi connectivity index (χ1) is 17.5. The van der Waals surface area contributed by atoms with Gasteiger partial charge in [0.1, 0.15) is 0 Å². The molecule has 1 spiro atoms. The molecule has 3 nitrogen and oxygen atoms in total. The van der Waals surface area contributed by atoms with Crippen molar-refractivity contribution < 1.29 is 4.74 Å². The fourth-order valence-electron chi connectivity index (χ4n) is 10.9. The maximum atomic E-state index is 6.95. The summed E-state index contributed by atoms with van der Waals surface area (Å²) in [5.41, 5.74) is 5.64. The minimum Gasteiger partial charge on any atom is -0.381 e. The van der Waals surface area contributed by atoms with Gasteiger partial charge in [0.2, 0.25) is 6.71 Å². The van der Waals surface area contributed by atoms with Gasteiger partial charge >= 0.3 is 0 Å². The number of fused-ring (bicyclic) bond motifs is 5. The summed E-state index contributed by atoms with van der Waals surface area (Å²) in [6.07, 6.45) is 30.7. The topological polar surface area (TPSA) is 15.7 Å². The van der Waals surface area contributed by atoms with Gasteiger partial charge in [0.15, 0.2) is 0 Å². The van der Waals surface area contributed by atoms with Crippen LogP contribution in [-0.4, -0.2) is 52.3 Å². The van der Waals surface area contributed by atoms with E-state index in [0.29, 0.717) is 48.2 Å². The summed E-state index contributed by atoms with van der Waals surface area (Å²) in [6, 6.07) is 1.96. The smallest absolute Gasteiger partial charge is 0.226 e. The molecule has 0 aromatic carbocycles. The molecular weight excluding hydrogens is 439 g/mol. The van der Waals surface area contributed by atoms with Crippen molar-refractivity contribution in [2.45, 2.75) is 127 Å². The summed E-state index contributed by atoms with van der Waals surface area (Å²) in [5.74, 6) is 1.38. The second kappa shape index (κ2) is 7.68. The molecule has 8 rings (SSSR count). The molecule has 4 aliphatic carbocycles. The third-order valence-corrected chi connectivity index (χ3v) is 12.1. The molecule has 0 radical (unpaired) electrons. The molecule has 3 saturated heterocycles. The van der Waals surface area contributed by atoms with Gasteiger partial charge in [0, 0.05) is 23.0 Å². The number of nitrogens with zero attached hydrogens (tertiary/aromatic N) is 2. The molecule has 8 aliphatic rings. The molecule has 0 aromatic heterocycles. The fraction of sp³-hybridized carbons (Fsp3) is 0.688. The molecule has 0 aromatic rings. The summed E-state index contributed by atoms with van der Waals surface area (Å²) in [6.45, 7) is 8.12. The lowest BCUT2D eigenvalue weighted by molar-refractivity contribution is 0.0284. The highest BCUT2D eigenvalue weighted by Crippen LogP contribution is 2.68. The average Bonchev–Trinajstić information content (AvgIpc) is 3.37. The first-order valence-corrected chi connectivity index (χ1v) is 15.2. The zero-order valence-electron chi connectivity index (χ0n) is 22.5. The van der Waals surface area contributed by atoms with Gasteiger partial charge in [-0.2, -0.15) is 0 Å². The van der Waals surface area contributed by atoms with E-state index in [9.17, 15) is 0 Å². The maximum Gasteiger partial charge on any atom is 0.226 e. The number of rotatable bonds is 1. The Morgan fingerprint density at radius 1 is 1.03 bits per heavy atom. The van der Waals surface area contributed by atoms with Crippen molar-refractivity contribution in [2.75, 3.05) is 0 Å². The molecule has 36 heavy (non-hydrogen) atoms. The highest BCUT2D eigenvalue weighted by Gasteiger charge is 2.70. The standard InChI is InChI=1S/C32H43BN2O/c1-21-20-27-30(36-21)33-24-15-10-14-23-29(24)35(31(2,3)32(23)18-8-5-9-19-32)26-17-11-16-25(28(26)33)34(27)22-12-6-4-7-13-22/h4,6-7,10,12,15,17,21-24,27,29-30H,5,8-9,11,13-14,16,18-20H2,1-3H3. The van der Waals surface area contributed by atoms with E-state index in [2.05, 4.69) is 73.1 Å². The van der Waals surface area contributed by atoms with Gasteiger partial charge < -0.3 is 14.5 Å². The summed E-state index contributed by atoms with van der Waals surface area (Å²) in [4.78, 5) is 5.90. The van der Waals surface area contributed by atoms with Crippen LogP contribution in [0.5, 0.6) is 0 Å². The first-order valence-electron chi connectivity index (χ1n) is 15.2. The molecular formula is C32H43BN2O. The van der Waals surface area contributed by atoms with Crippen LogP contribution in [0.25, 0.3) is 0 Å². The van der Waals surface area contributed by atoms with Crippen LogP contribution in [0.1, 0.15) is 85.0 Å². The number of allylic oxidation sites excluding steroid dienone is 6. The Hall–Kier alpha value is -1.68. The van der Waals surface area contributed by atoms with E-state index in [1.807, 2.05) is 0 Å². The van der Waals surface area contributed by atoms with Crippen molar-refractivity contribution in [2.24, 2.45) is 11.3 Å². The van der Waals surface area contributed by atoms with Crippen molar-refractivity contribution in [1.82, 2.24) is 9.80 Å². The minimum atomic E-state index is 0.207. The lowest BCUT2D eigenvalue weighted by Gasteiger charge is -2.58. The molecule has 0 N–H and O–H groups in total. The zero-order chi connectivity index (χ0) is 24.2. The van der Waals surface area contributed by atoms with Crippen LogP contribution in [-0.2, 0) is 4.74 Å². The molecule has 7 unspecified atom stereocenters. The Morgan fingerprint density at radius 3 is 2.69 bits per heavy atom. The normalized spacial score (nSPS) is 43.0. The Bertz CT molecular complexity index is 1110. The van der Waals surface area contributed by atoms with Crippen LogP contribution in [0.15, 0.2) is 59.4 Å². The SMILES string of the molecule is CC1CC2C(O1)B1C3=C(CCC=C3N3C4C1C=CCC4C1(CCCCC1)C3(C)C)N2C1C=CC=CC1. The quantitative estimate of drug-likeness (QED) is 0.309. The predicted molar refractivity (Wildman–Crippen MR) is 148 cm³/mol. The molecule has 4 aliphatic heterocycles. The molecule has 7 atom stereocenters. The average molecular weight is 483 g/mol. The highest BCUT2D eigenvalue weighted by molar-refractivity contribution is 6.72. The van der Waals surface area contributed by atoms with E-state index >= 15 is 0 Å². The van der Waals surface area contributed by atoms with Gasteiger partial charge in [0.25, 0.3) is 0 Å². The van der Waals surface area contributed by atoms with Crippen molar-refractivity contribution in [3.05, 3.63) is 59.4 Å². The Morgan fingerprint density at radius 2 is 1.89 bits per heavy atom. The zero-order valence-corrected chi connectivity index (χ0v) is 22.5. The van der Waals surface area contributed by atoms with Crippen molar-refractivity contribution in [3.63, 3.8) is 0 Å². The molecule has 190 valence electrons. The summed E-state index contributed by atoms with van der Waals surface area (Å²) in [5, 5.41) is 0. The van der Waals surface area contributed by atoms with Crippen LogP contribution in [0.4, 0.5) is 0 Å². The van der Waals surface area contributed by atoms with E-state index in [1.54, 1.807) is 16.9 Å². The third-order valence-electron chi connectivity index (χ3n) is 12.1. The van der Waals surface area contributed by atoms with Gasteiger partial charge in [-0.25, -0.2) is 0 Å². The largest absolute Gasteiger partial charge is 0.381 e. The number of ether oxygens (including phenoxy) is 1. The lowest BCUT2D eigenvalue weighted by atomic mass is 9.26.